The van der Waals surface area contributed by atoms with Gasteiger partial charge in [-0.25, -0.2) is 0 Å². The number of anilines is 1. The lowest BCUT2D eigenvalue weighted by molar-refractivity contribution is -0.120. The van der Waals surface area contributed by atoms with Crippen LogP contribution in [0.5, 0.6) is 0 Å². The number of amides is 1. The Morgan fingerprint density at radius 1 is 1.13 bits per heavy atom. The highest BCUT2D eigenvalue weighted by Gasteiger charge is 2.37. The summed E-state index contributed by atoms with van der Waals surface area (Å²) in [6.45, 7) is 17.5. The summed E-state index contributed by atoms with van der Waals surface area (Å²) in [5, 5.41) is 10.4. The third-order valence-electron chi connectivity index (χ3n) is 5.50. The lowest BCUT2D eigenvalue weighted by Crippen LogP contribution is -2.42. The van der Waals surface area contributed by atoms with E-state index in [1.165, 1.54) is 11.1 Å². The van der Waals surface area contributed by atoms with Crippen LogP contribution >= 0.6 is 0 Å². The molecule has 1 atom stereocenters. The summed E-state index contributed by atoms with van der Waals surface area (Å²) in [6.07, 6.45) is -0.0877. The lowest BCUT2D eigenvalue weighted by atomic mass is 9.75. The van der Waals surface area contributed by atoms with Gasteiger partial charge in [0.05, 0.1) is 6.10 Å². The fourth-order valence-corrected chi connectivity index (χ4v) is 3.75. The third kappa shape index (κ3) is 6.41. The van der Waals surface area contributed by atoms with Crippen LogP contribution in [-0.2, 0) is 14.9 Å². The standard InChI is InChI=1S/C22H27NO2.C3H8O.C2H6/c1-6-23-20-12-17(15(3)24)18(16-9-7-14(2)8-10-16)11-19(20)22(4,5)13-21(23)25;1-3-4-2;1-2/h7-12,15,24H,6,13H2,1-5H3;3H2,1-2H3;1-2H3. The van der Waals surface area contributed by atoms with E-state index in [1.54, 1.807) is 14.0 Å². The van der Waals surface area contributed by atoms with Crippen LogP contribution in [-0.4, -0.2) is 31.3 Å². The van der Waals surface area contributed by atoms with Gasteiger partial charge in [0.1, 0.15) is 0 Å². The van der Waals surface area contributed by atoms with E-state index < -0.39 is 6.10 Å². The van der Waals surface area contributed by atoms with Crippen molar-refractivity contribution in [1.29, 1.82) is 0 Å². The van der Waals surface area contributed by atoms with E-state index in [1.807, 2.05) is 38.7 Å². The maximum absolute atomic E-state index is 12.5. The molecular weight excluding hydrogens is 386 g/mol. The van der Waals surface area contributed by atoms with E-state index in [0.29, 0.717) is 13.0 Å². The number of fused-ring (bicyclic) bond motifs is 1. The monoisotopic (exact) mass is 427 g/mol. The highest BCUT2D eigenvalue weighted by Crippen LogP contribution is 2.44. The number of rotatable bonds is 4. The molecule has 0 bridgehead atoms. The van der Waals surface area contributed by atoms with Crippen LogP contribution in [0.15, 0.2) is 36.4 Å². The highest BCUT2D eigenvalue weighted by molar-refractivity contribution is 5.98. The first kappa shape index (κ1) is 26.9. The van der Waals surface area contributed by atoms with Gasteiger partial charge in [-0.1, -0.05) is 57.5 Å². The van der Waals surface area contributed by atoms with Crippen molar-refractivity contribution in [3.8, 4) is 11.1 Å². The first-order valence-corrected chi connectivity index (χ1v) is 11.4. The fraction of sp³-hybridized carbons (Fsp3) is 0.519. The summed E-state index contributed by atoms with van der Waals surface area (Å²) >= 11 is 0. The number of hydrogen-bond acceptors (Lipinski definition) is 3. The van der Waals surface area contributed by atoms with E-state index in [-0.39, 0.29) is 11.3 Å². The van der Waals surface area contributed by atoms with Gasteiger partial charge in [0.25, 0.3) is 0 Å². The predicted molar refractivity (Wildman–Crippen MR) is 132 cm³/mol. The smallest absolute Gasteiger partial charge is 0.227 e. The molecule has 0 aliphatic carbocycles. The van der Waals surface area contributed by atoms with Crippen molar-refractivity contribution in [3.63, 3.8) is 0 Å². The SMILES string of the molecule is CC.CCN1C(=O)CC(C)(C)c2cc(-c3ccc(C)cc3)c(C(C)O)cc21.CCOC. The molecule has 1 N–H and O–H groups in total. The first-order valence-electron chi connectivity index (χ1n) is 11.4. The van der Waals surface area contributed by atoms with Gasteiger partial charge in [0, 0.05) is 37.8 Å². The Kier molecular flexibility index (Phi) is 10.4. The molecule has 31 heavy (non-hydrogen) atoms. The predicted octanol–water partition coefficient (Wildman–Crippen LogP) is 6.43. The van der Waals surface area contributed by atoms with Crippen molar-refractivity contribution >= 4 is 11.6 Å². The second-order valence-electron chi connectivity index (χ2n) is 8.27. The number of aryl methyl sites for hydroxylation is 1. The molecule has 4 heteroatoms. The number of methoxy groups -OCH3 is 1. The minimum absolute atomic E-state index is 0.152. The van der Waals surface area contributed by atoms with E-state index in [2.05, 4.69) is 55.8 Å². The molecule has 0 radical (unpaired) electrons. The Hall–Kier alpha value is -2.17. The quantitative estimate of drug-likeness (QED) is 0.612. The van der Waals surface area contributed by atoms with E-state index in [9.17, 15) is 9.90 Å². The topological polar surface area (TPSA) is 49.8 Å². The van der Waals surface area contributed by atoms with Crippen LogP contribution < -0.4 is 4.90 Å². The van der Waals surface area contributed by atoms with Gasteiger partial charge >= 0.3 is 0 Å². The van der Waals surface area contributed by atoms with Gasteiger partial charge in [0.15, 0.2) is 0 Å². The Labute approximate surface area is 189 Å². The molecule has 172 valence electrons. The van der Waals surface area contributed by atoms with Crippen LogP contribution in [0.1, 0.15) is 77.7 Å². The van der Waals surface area contributed by atoms with E-state index >= 15 is 0 Å². The fourth-order valence-electron chi connectivity index (χ4n) is 3.75. The molecular formula is C27H41NO3. The zero-order valence-corrected chi connectivity index (χ0v) is 20.9. The maximum atomic E-state index is 12.5. The number of ether oxygens (including phenoxy) is 1. The molecule has 0 saturated carbocycles. The Balaban J connectivity index is 0.000000720. The second-order valence-corrected chi connectivity index (χ2v) is 8.27. The second kappa shape index (κ2) is 12.0. The maximum Gasteiger partial charge on any atom is 0.227 e. The van der Waals surface area contributed by atoms with Crippen LogP contribution in [0.3, 0.4) is 0 Å². The molecule has 0 fully saturated rings. The largest absolute Gasteiger partial charge is 0.389 e. The number of carbonyl (C=O) groups is 1. The summed E-state index contributed by atoms with van der Waals surface area (Å²) in [5.74, 6) is 0.152. The summed E-state index contributed by atoms with van der Waals surface area (Å²) in [7, 11) is 1.68. The van der Waals surface area contributed by atoms with Crippen molar-refractivity contribution in [2.45, 2.75) is 73.3 Å². The van der Waals surface area contributed by atoms with Gasteiger partial charge in [-0.3, -0.25) is 4.79 Å². The lowest BCUT2D eigenvalue weighted by Gasteiger charge is -2.39. The summed E-state index contributed by atoms with van der Waals surface area (Å²) < 4.78 is 4.54. The van der Waals surface area contributed by atoms with Crippen LogP contribution in [0, 0.1) is 6.92 Å². The van der Waals surface area contributed by atoms with E-state index in [0.717, 1.165) is 29.0 Å². The first-order chi connectivity index (χ1) is 14.7. The zero-order chi connectivity index (χ0) is 23.8. The number of carbonyl (C=O) groups excluding carboxylic acids is 1. The van der Waals surface area contributed by atoms with Crippen molar-refractivity contribution in [1.82, 2.24) is 0 Å². The van der Waals surface area contributed by atoms with Crippen LogP contribution in [0.25, 0.3) is 11.1 Å². The molecule has 0 spiro atoms. The normalized spacial score (nSPS) is 15.2. The molecule has 4 nitrogen and oxygen atoms in total. The number of nitrogens with zero attached hydrogens (tertiary/aromatic N) is 1. The van der Waals surface area contributed by atoms with Gasteiger partial charge in [-0.15, -0.1) is 0 Å². The van der Waals surface area contributed by atoms with Crippen molar-refractivity contribution in [2.75, 3.05) is 25.2 Å². The van der Waals surface area contributed by atoms with Crippen molar-refractivity contribution in [2.24, 2.45) is 0 Å². The van der Waals surface area contributed by atoms with Crippen LogP contribution in [0.2, 0.25) is 0 Å². The number of hydrogen-bond donors (Lipinski definition) is 1. The molecule has 3 rings (SSSR count). The number of aliphatic hydroxyl groups excluding tert-OH is 1. The molecule has 2 aromatic carbocycles. The average Bonchev–Trinajstić information content (AvgIpc) is 2.75. The number of aliphatic hydroxyl groups is 1. The Morgan fingerprint density at radius 3 is 2.13 bits per heavy atom. The zero-order valence-electron chi connectivity index (χ0n) is 20.9. The van der Waals surface area contributed by atoms with Crippen LogP contribution in [0.4, 0.5) is 5.69 Å². The molecule has 1 heterocycles. The molecule has 1 amide bonds. The molecule has 0 saturated heterocycles. The van der Waals surface area contributed by atoms with Gasteiger partial charge in [-0.05, 0) is 62.1 Å². The minimum atomic E-state index is -0.597. The molecule has 2 aromatic rings. The minimum Gasteiger partial charge on any atom is -0.389 e. The summed E-state index contributed by atoms with van der Waals surface area (Å²) in [6, 6.07) is 12.6. The van der Waals surface area contributed by atoms with E-state index in [4.69, 9.17) is 0 Å². The third-order valence-corrected chi connectivity index (χ3v) is 5.50. The molecule has 1 aliphatic rings. The Morgan fingerprint density at radius 2 is 1.68 bits per heavy atom. The van der Waals surface area contributed by atoms with Crippen molar-refractivity contribution < 1.29 is 14.6 Å². The molecule has 1 aliphatic heterocycles. The highest BCUT2D eigenvalue weighted by atomic mass is 16.5. The molecule has 1 unspecified atom stereocenters. The number of benzene rings is 2. The Bertz CT molecular complexity index is 836. The average molecular weight is 428 g/mol. The summed E-state index contributed by atoms with van der Waals surface area (Å²) in [5.41, 5.74) is 6.13. The summed E-state index contributed by atoms with van der Waals surface area (Å²) in [4.78, 5) is 14.4. The van der Waals surface area contributed by atoms with Gasteiger partial charge in [-0.2, -0.15) is 0 Å². The van der Waals surface area contributed by atoms with Gasteiger partial charge in [0.2, 0.25) is 5.91 Å². The van der Waals surface area contributed by atoms with Crippen molar-refractivity contribution in [3.05, 3.63) is 53.1 Å². The molecule has 0 aromatic heterocycles. The van der Waals surface area contributed by atoms with Gasteiger partial charge < -0.3 is 14.7 Å².